The molecule has 0 bridgehead atoms. The molecule has 1 aliphatic rings. The molecule has 94 valence electrons. The van der Waals surface area contributed by atoms with Crippen LogP contribution >= 0.6 is 0 Å². The Balaban J connectivity index is 2.16. The zero-order valence-corrected chi connectivity index (χ0v) is 10.8. The molecule has 0 aromatic carbocycles. The van der Waals surface area contributed by atoms with Crippen molar-refractivity contribution in [1.82, 2.24) is 4.90 Å². The van der Waals surface area contributed by atoms with Gasteiger partial charge in [0.15, 0.2) is 0 Å². The highest BCUT2D eigenvalue weighted by Gasteiger charge is 2.13. The van der Waals surface area contributed by atoms with E-state index < -0.39 is 0 Å². The monoisotopic (exact) mass is 225 g/mol. The second-order valence-electron chi connectivity index (χ2n) is 4.76. The molecule has 0 spiro atoms. The Morgan fingerprint density at radius 2 is 2.00 bits per heavy atom. The molecule has 1 aliphatic heterocycles. The lowest BCUT2D eigenvalue weighted by Gasteiger charge is -2.28. The van der Waals surface area contributed by atoms with Crippen molar-refractivity contribution in [2.75, 3.05) is 32.8 Å². The Bertz CT molecular complexity index is 176. The Morgan fingerprint density at radius 1 is 1.25 bits per heavy atom. The molecule has 0 aromatic heterocycles. The number of morpholine rings is 1. The molecule has 2 heteroatoms. The van der Waals surface area contributed by atoms with Gasteiger partial charge in [0.1, 0.15) is 0 Å². The zero-order valence-electron chi connectivity index (χ0n) is 10.8. The summed E-state index contributed by atoms with van der Waals surface area (Å²) >= 11 is 0. The van der Waals surface area contributed by atoms with Crippen molar-refractivity contribution >= 4 is 0 Å². The number of hydrogen-bond acceptors (Lipinski definition) is 2. The molecule has 2 nitrogen and oxygen atoms in total. The molecule has 0 aromatic rings. The van der Waals surface area contributed by atoms with Gasteiger partial charge < -0.3 is 4.74 Å². The summed E-state index contributed by atoms with van der Waals surface area (Å²) in [4.78, 5) is 2.54. The highest BCUT2D eigenvalue weighted by molar-refractivity contribution is 4.71. The molecule has 0 radical (unpaired) electrons. The van der Waals surface area contributed by atoms with Crippen LogP contribution in [0.4, 0.5) is 0 Å². The summed E-state index contributed by atoms with van der Waals surface area (Å²) in [5.74, 6) is 0.894. The molecule has 1 unspecified atom stereocenters. The average molecular weight is 225 g/mol. The van der Waals surface area contributed by atoms with Crippen molar-refractivity contribution in [2.24, 2.45) is 5.92 Å². The fourth-order valence-corrected chi connectivity index (χ4v) is 2.38. The van der Waals surface area contributed by atoms with E-state index in [-0.39, 0.29) is 0 Å². The summed E-state index contributed by atoms with van der Waals surface area (Å²) in [6, 6.07) is 0. The van der Waals surface area contributed by atoms with Gasteiger partial charge in [-0.15, -0.1) is 6.58 Å². The minimum atomic E-state index is 0.894. The molecular weight excluding hydrogens is 198 g/mol. The van der Waals surface area contributed by atoms with Crippen molar-refractivity contribution in [1.29, 1.82) is 0 Å². The van der Waals surface area contributed by atoms with Gasteiger partial charge in [0.2, 0.25) is 0 Å². The largest absolute Gasteiger partial charge is 0.379 e. The van der Waals surface area contributed by atoms with E-state index >= 15 is 0 Å². The number of allylic oxidation sites excluding steroid dienone is 1. The second kappa shape index (κ2) is 8.77. The average Bonchev–Trinajstić information content (AvgIpc) is 2.34. The summed E-state index contributed by atoms with van der Waals surface area (Å²) in [6.07, 6.45) is 8.58. The van der Waals surface area contributed by atoms with Gasteiger partial charge in [-0.25, -0.2) is 0 Å². The zero-order chi connectivity index (χ0) is 11.6. The Kier molecular flexibility index (Phi) is 7.52. The lowest BCUT2D eigenvalue weighted by molar-refractivity contribution is 0.0350. The molecule has 16 heavy (non-hydrogen) atoms. The van der Waals surface area contributed by atoms with Crippen molar-refractivity contribution < 1.29 is 4.74 Å². The smallest absolute Gasteiger partial charge is 0.0594 e. The fourth-order valence-electron chi connectivity index (χ4n) is 2.38. The van der Waals surface area contributed by atoms with E-state index in [2.05, 4.69) is 24.5 Å². The van der Waals surface area contributed by atoms with Crippen molar-refractivity contribution in [2.45, 2.75) is 39.0 Å². The van der Waals surface area contributed by atoms with Crippen LogP contribution < -0.4 is 0 Å². The maximum atomic E-state index is 5.36. The molecular formula is C14H27NO. The highest BCUT2D eigenvalue weighted by atomic mass is 16.5. The van der Waals surface area contributed by atoms with E-state index in [9.17, 15) is 0 Å². The third-order valence-corrected chi connectivity index (χ3v) is 3.43. The van der Waals surface area contributed by atoms with E-state index in [1.165, 1.54) is 38.6 Å². The standard InChI is InChI=1S/C14H27NO/c1-3-5-7-14(6-4-2)8-9-15-10-12-16-13-11-15/h3,14H,1,4-13H2,2H3. The van der Waals surface area contributed by atoms with Crippen LogP contribution in [0.1, 0.15) is 39.0 Å². The predicted molar refractivity (Wildman–Crippen MR) is 69.7 cm³/mol. The van der Waals surface area contributed by atoms with Gasteiger partial charge in [-0.1, -0.05) is 25.8 Å². The van der Waals surface area contributed by atoms with Gasteiger partial charge >= 0.3 is 0 Å². The molecule has 0 saturated carbocycles. The summed E-state index contributed by atoms with van der Waals surface area (Å²) < 4.78 is 5.36. The topological polar surface area (TPSA) is 12.5 Å². The van der Waals surface area contributed by atoms with E-state index in [1.807, 2.05) is 0 Å². The van der Waals surface area contributed by atoms with Crippen LogP contribution in [0, 0.1) is 5.92 Å². The van der Waals surface area contributed by atoms with Crippen LogP contribution in [0.15, 0.2) is 12.7 Å². The number of hydrogen-bond donors (Lipinski definition) is 0. The Morgan fingerprint density at radius 3 is 2.62 bits per heavy atom. The third-order valence-electron chi connectivity index (χ3n) is 3.43. The molecule has 0 N–H and O–H groups in total. The van der Waals surface area contributed by atoms with Gasteiger partial charge in [-0.2, -0.15) is 0 Å². The summed E-state index contributed by atoms with van der Waals surface area (Å²) in [7, 11) is 0. The van der Waals surface area contributed by atoms with Crippen molar-refractivity contribution in [3.63, 3.8) is 0 Å². The van der Waals surface area contributed by atoms with Crippen LogP contribution in [0.2, 0.25) is 0 Å². The number of rotatable bonds is 8. The summed E-state index contributed by atoms with van der Waals surface area (Å²) in [5, 5.41) is 0. The third kappa shape index (κ3) is 5.66. The summed E-state index contributed by atoms with van der Waals surface area (Å²) in [6.45, 7) is 11.5. The SMILES string of the molecule is C=CCCC(CCC)CCN1CCOCC1. The maximum Gasteiger partial charge on any atom is 0.0594 e. The lowest BCUT2D eigenvalue weighted by atomic mass is 9.94. The van der Waals surface area contributed by atoms with E-state index in [4.69, 9.17) is 4.74 Å². The van der Waals surface area contributed by atoms with Crippen LogP contribution in [0.5, 0.6) is 0 Å². The molecule has 0 aliphatic carbocycles. The van der Waals surface area contributed by atoms with Crippen molar-refractivity contribution in [3.05, 3.63) is 12.7 Å². The normalized spacial score (nSPS) is 19.6. The van der Waals surface area contributed by atoms with E-state index in [0.29, 0.717) is 0 Å². The predicted octanol–water partition coefficient (Wildman–Crippen LogP) is 3.09. The first-order valence-corrected chi connectivity index (χ1v) is 6.77. The Hall–Kier alpha value is -0.340. The van der Waals surface area contributed by atoms with E-state index in [1.54, 1.807) is 0 Å². The first-order chi connectivity index (χ1) is 7.86. The minimum absolute atomic E-state index is 0.894. The highest BCUT2D eigenvalue weighted by Crippen LogP contribution is 2.18. The fraction of sp³-hybridized carbons (Fsp3) is 0.857. The maximum absolute atomic E-state index is 5.36. The van der Waals surface area contributed by atoms with Gasteiger partial charge in [0.05, 0.1) is 13.2 Å². The van der Waals surface area contributed by atoms with Gasteiger partial charge in [0, 0.05) is 13.1 Å². The number of nitrogens with zero attached hydrogens (tertiary/aromatic N) is 1. The van der Waals surface area contributed by atoms with Gasteiger partial charge in [0.25, 0.3) is 0 Å². The van der Waals surface area contributed by atoms with Gasteiger partial charge in [-0.05, 0) is 31.7 Å². The van der Waals surface area contributed by atoms with Crippen LogP contribution in [0.25, 0.3) is 0 Å². The first kappa shape index (κ1) is 13.7. The Labute approximate surface area is 101 Å². The van der Waals surface area contributed by atoms with Crippen LogP contribution in [-0.2, 0) is 4.74 Å². The number of ether oxygens (including phenoxy) is 1. The first-order valence-electron chi connectivity index (χ1n) is 6.77. The quantitative estimate of drug-likeness (QED) is 0.589. The van der Waals surface area contributed by atoms with E-state index in [0.717, 1.165) is 32.2 Å². The van der Waals surface area contributed by atoms with Crippen molar-refractivity contribution in [3.8, 4) is 0 Å². The molecule has 1 heterocycles. The summed E-state index contributed by atoms with van der Waals surface area (Å²) in [5.41, 5.74) is 0. The molecule has 1 rings (SSSR count). The minimum Gasteiger partial charge on any atom is -0.379 e. The molecule has 0 amide bonds. The molecule has 1 saturated heterocycles. The molecule has 1 atom stereocenters. The van der Waals surface area contributed by atoms with Gasteiger partial charge in [-0.3, -0.25) is 4.90 Å². The van der Waals surface area contributed by atoms with Crippen LogP contribution in [0.3, 0.4) is 0 Å². The van der Waals surface area contributed by atoms with Crippen LogP contribution in [-0.4, -0.2) is 37.7 Å². The second-order valence-corrected chi connectivity index (χ2v) is 4.76. The lowest BCUT2D eigenvalue weighted by Crippen LogP contribution is -2.37. The molecule has 1 fully saturated rings.